The topological polar surface area (TPSA) is 82.5 Å². The number of thiazole rings is 1. The molecule has 0 bridgehead atoms. The third-order valence-electron chi connectivity index (χ3n) is 5.52. The Labute approximate surface area is 223 Å². The first-order chi connectivity index (χ1) is 17.2. The van der Waals surface area contributed by atoms with Crippen molar-refractivity contribution in [2.75, 3.05) is 27.2 Å². The van der Waals surface area contributed by atoms with Gasteiger partial charge in [-0.1, -0.05) is 53.5 Å². The van der Waals surface area contributed by atoms with Crippen molar-refractivity contribution in [1.29, 1.82) is 0 Å². The SMILES string of the molecule is CN(C)CCNC(=O)c1ccc(-c2ccc(-c3nc(-c4ccc(Cl)c(Cl)c4)cs3)cc2C(=O)O)cc1. The number of hydrogen-bond donors (Lipinski definition) is 2. The van der Waals surface area contributed by atoms with Crippen LogP contribution in [0.5, 0.6) is 0 Å². The van der Waals surface area contributed by atoms with Crippen LogP contribution in [0.2, 0.25) is 10.0 Å². The molecule has 3 aromatic carbocycles. The first-order valence-corrected chi connectivity index (χ1v) is 12.7. The standard InChI is InChI=1S/C27H23Cl2N3O3S/c1-32(2)12-11-30-25(33)17-5-3-16(4-6-17)20-9-7-19(13-21(20)27(34)35)26-31-24(15-36-26)18-8-10-22(28)23(29)14-18/h3-10,13-15H,11-12H2,1-2H3,(H,30,33)(H,34,35). The van der Waals surface area contributed by atoms with Crippen LogP contribution < -0.4 is 5.32 Å². The zero-order valence-corrected chi connectivity index (χ0v) is 21.9. The molecule has 0 aliphatic rings. The van der Waals surface area contributed by atoms with Gasteiger partial charge in [-0.25, -0.2) is 9.78 Å². The highest BCUT2D eigenvalue weighted by Gasteiger charge is 2.16. The summed E-state index contributed by atoms with van der Waals surface area (Å²) in [7, 11) is 3.88. The van der Waals surface area contributed by atoms with Crippen molar-refractivity contribution in [2.45, 2.75) is 0 Å². The Balaban J connectivity index is 1.58. The van der Waals surface area contributed by atoms with E-state index in [0.29, 0.717) is 43.9 Å². The molecule has 0 aliphatic carbocycles. The molecule has 6 nitrogen and oxygen atoms in total. The van der Waals surface area contributed by atoms with Gasteiger partial charge in [-0.2, -0.15) is 0 Å². The molecule has 4 aromatic rings. The molecule has 9 heteroatoms. The van der Waals surface area contributed by atoms with Gasteiger partial charge in [0.25, 0.3) is 5.91 Å². The molecule has 0 radical (unpaired) electrons. The normalized spacial score (nSPS) is 11.0. The van der Waals surface area contributed by atoms with Gasteiger partial charge < -0.3 is 15.3 Å². The monoisotopic (exact) mass is 539 g/mol. The van der Waals surface area contributed by atoms with Crippen LogP contribution in [0.1, 0.15) is 20.7 Å². The number of nitrogens with one attached hydrogen (secondary N) is 1. The predicted octanol–water partition coefficient (Wildman–Crippen LogP) is 6.44. The molecule has 4 rings (SSSR count). The van der Waals surface area contributed by atoms with E-state index in [2.05, 4.69) is 10.3 Å². The van der Waals surface area contributed by atoms with Crippen molar-refractivity contribution in [3.8, 4) is 33.0 Å². The molecule has 1 amide bonds. The third kappa shape index (κ3) is 5.94. The van der Waals surface area contributed by atoms with Gasteiger partial charge in [0.1, 0.15) is 5.01 Å². The highest BCUT2D eigenvalue weighted by atomic mass is 35.5. The second-order valence-corrected chi connectivity index (χ2v) is 10.0. The zero-order chi connectivity index (χ0) is 25.8. The number of rotatable bonds is 8. The number of aromatic nitrogens is 1. The number of carboxylic acid groups (broad SMARTS) is 1. The first kappa shape index (κ1) is 25.9. The van der Waals surface area contributed by atoms with Crippen LogP contribution in [0.25, 0.3) is 33.0 Å². The lowest BCUT2D eigenvalue weighted by molar-refractivity contribution is 0.0697. The number of benzene rings is 3. The van der Waals surface area contributed by atoms with Crippen LogP contribution in [-0.4, -0.2) is 54.1 Å². The van der Waals surface area contributed by atoms with Gasteiger partial charge in [-0.15, -0.1) is 11.3 Å². The molecule has 0 saturated heterocycles. The van der Waals surface area contributed by atoms with E-state index in [9.17, 15) is 14.7 Å². The van der Waals surface area contributed by atoms with Gasteiger partial charge in [-0.3, -0.25) is 4.79 Å². The molecule has 0 atom stereocenters. The maximum absolute atomic E-state index is 12.3. The minimum atomic E-state index is -1.04. The molecular formula is C27H23Cl2N3O3S. The van der Waals surface area contributed by atoms with Gasteiger partial charge in [0, 0.05) is 35.2 Å². The van der Waals surface area contributed by atoms with Crippen LogP contribution >= 0.6 is 34.5 Å². The fraction of sp³-hybridized carbons (Fsp3) is 0.148. The lowest BCUT2D eigenvalue weighted by atomic mass is 9.96. The number of aromatic carboxylic acids is 1. The Bertz CT molecular complexity index is 1420. The van der Waals surface area contributed by atoms with Crippen LogP contribution in [0.3, 0.4) is 0 Å². The Morgan fingerprint density at radius 2 is 1.64 bits per heavy atom. The van der Waals surface area contributed by atoms with E-state index >= 15 is 0 Å². The minimum Gasteiger partial charge on any atom is -0.478 e. The molecule has 0 saturated carbocycles. The molecule has 0 spiro atoms. The summed E-state index contributed by atoms with van der Waals surface area (Å²) in [5, 5.41) is 16.3. The van der Waals surface area contributed by atoms with E-state index in [1.807, 2.05) is 36.5 Å². The summed E-state index contributed by atoms with van der Waals surface area (Å²) in [6, 6.07) is 17.5. The van der Waals surface area contributed by atoms with Crippen molar-refractivity contribution in [2.24, 2.45) is 0 Å². The molecule has 184 valence electrons. The van der Waals surface area contributed by atoms with Gasteiger partial charge >= 0.3 is 5.97 Å². The second kappa shape index (κ2) is 11.2. The fourth-order valence-corrected chi connectivity index (χ4v) is 4.72. The van der Waals surface area contributed by atoms with Crippen molar-refractivity contribution in [3.63, 3.8) is 0 Å². The molecule has 1 aromatic heterocycles. The van der Waals surface area contributed by atoms with Gasteiger partial charge in [0.2, 0.25) is 0 Å². The first-order valence-electron chi connectivity index (χ1n) is 11.0. The van der Waals surface area contributed by atoms with Gasteiger partial charge in [-0.05, 0) is 55.6 Å². The quantitative estimate of drug-likeness (QED) is 0.269. The van der Waals surface area contributed by atoms with E-state index < -0.39 is 5.97 Å². The largest absolute Gasteiger partial charge is 0.478 e. The summed E-state index contributed by atoms with van der Waals surface area (Å²) in [6.07, 6.45) is 0. The highest BCUT2D eigenvalue weighted by Crippen LogP contribution is 2.34. The van der Waals surface area contributed by atoms with E-state index in [-0.39, 0.29) is 11.5 Å². The maximum Gasteiger partial charge on any atom is 0.336 e. The summed E-state index contributed by atoms with van der Waals surface area (Å²) in [6.45, 7) is 1.29. The molecule has 0 aliphatic heterocycles. The maximum atomic E-state index is 12.3. The number of carbonyl (C=O) groups excluding carboxylic acids is 1. The highest BCUT2D eigenvalue weighted by molar-refractivity contribution is 7.13. The summed E-state index contributed by atoms with van der Waals surface area (Å²) in [4.78, 5) is 31.1. The van der Waals surface area contributed by atoms with Gasteiger partial charge in [0.05, 0.1) is 21.3 Å². The molecule has 36 heavy (non-hydrogen) atoms. The van der Waals surface area contributed by atoms with Crippen molar-refractivity contribution >= 4 is 46.4 Å². The third-order valence-corrected chi connectivity index (χ3v) is 7.15. The van der Waals surface area contributed by atoms with Crippen molar-refractivity contribution in [1.82, 2.24) is 15.2 Å². The average molecular weight is 540 g/mol. The van der Waals surface area contributed by atoms with Crippen molar-refractivity contribution in [3.05, 3.63) is 87.2 Å². The Hall–Kier alpha value is -3.23. The van der Waals surface area contributed by atoms with Gasteiger partial charge in [0.15, 0.2) is 0 Å². The summed E-state index contributed by atoms with van der Waals surface area (Å²) < 4.78 is 0. The number of likely N-dealkylation sites (N-methyl/N-ethyl adjacent to an activating group) is 1. The number of carboxylic acids is 1. The van der Waals surface area contributed by atoms with Crippen molar-refractivity contribution < 1.29 is 14.7 Å². The number of hydrogen-bond acceptors (Lipinski definition) is 5. The lowest BCUT2D eigenvalue weighted by Gasteiger charge is -2.11. The summed E-state index contributed by atoms with van der Waals surface area (Å²) in [5.41, 5.74) is 4.20. The average Bonchev–Trinajstić information content (AvgIpc) is 3.35. The molecular weight excluding hydrogens is 517 g/mol. The van der Waals surface area contributed by atoms with E-state index in [1.165, 1.54) is 11.3 Å². The molecule has 0 unspecified atom stereocenters. The van der Waals surface area contributed by atoms with Crippen LogP contribution in [-0.2, 0) is 0 Å². The van der Waals surface area contributed by atoms with Crippen LogP contribution in [0.15, 0.2) is 66.0 Å². The second-order valence-electron chi connectivity index (χ2n) is 8.37. The van der Waals surface area contributed by atoms with Crippen LogP contribution in [0.4, 0.5) is 0 Å². The number of carbonyl (C=O) groups is 2. The lowest BCUT2D eigenvalue weighted by Crippen LogP contribution is -2.31. The molecule has 0 fully saturated rings. The Kier molecular flexibility index (Phi) is 8.06. The smallest absolute Gasteiger partial charge is 0.336 e. The van der Waals surface area contributed by atoms with Crippen LogP contribution in [0, 0.1) is 0 Å². The Morgan fingerprint density at radius 1 is 0.944 bits per heavy atom. The van der Waals surface area contributed by atoms with E-state index in [4.69, 9.17) is 23.2 Å². The summed E-state index contributed by atoms with van der Waals surface area (Å²) >= 11 is 13.6. The number of amides is 1. The molecule has 1 heterocycles. The zero-order valence-electron chi connectivity index (χ0n) is 19.6. The van der Waals surface area contributed by atoms with E-state index in [1.54, 1.807) is 48.5 Å². The fourth-order valence-electron chi connectivity index (χ4n) is 3.60. The Morgan fingerprint density at radius 3 is 2.31 bits per heavy atom. The number of nitrogens with zero attached hydrogens (tertiary/aromatic N) is 2. The minimum absolute atomic E-state index is 0.155. The number of halogens is 2. The molecule has 2 N–H and O–H groups in total. The summed E-state index contributed by atoms with van der Waals surface area (Å²) in [5.74, 6) is -1.21. The van der Waals surface area contributed by atoms with E-state index in [0.717, 1.165) is 17.8 Å². The predicted molar refractivity (Wildman–Crippen MR) is 146 cm³/mol.